The Kier molecular flexibility index (Phi) is 4.41. The zero-order chi connectivity index (χ0) is 18.5. The Morgan fingerprint density at radius 3 is 2.58 bits per heavy atom. The van der Waals surface area contributed by atoms with Crippen LogP contribution in [0.5, 0.6) is 0 Å². The first-order valence-corrected chi connectivity index (χ1v) is 11.4. The van der Waals surface area contributed by atoms with E-state index in [-0.39, 0.29) is 23.5 Å². The van der Waals surface area contributed by atoms with Crippen LogP contribution in [-0.2, 0) is 16.4 Å². The molecule has 5 nitrogen and oxygen atoms in total. The van der Waals surface area contributed by atoms with E-state index in [0.29, 0.717) is 25.2 Å². The second-order valence-corrected chi connectivity index (χ2v) is 10.5. The molecule has 0 bridgehead atoms. The molecule has 0 spiro atoms. The van der Waals surface area contributed by atoms with Crippen molar-refractivity contribution >= 4 is 32.1 Å². The lowest BCUT2D eigenvalue weighted by Crippen LogP contribution is -2.49. The topological polar surface area (TPSA) is 57.7 Å². The smallest absolute Gasteiger partial charge is 0.260 e. The normalized spacial score (nSPS) is 22.4. The number of anilines is 1. The van der Waals surface area contributed by atoms with Gasteiger partial charge < -0.3 is 0 Å². The summed E-state index contributed by atoms with van der Waals surface area (Å²) < 4.78 is 23.9. The van der Waals surface area contributed by atoms with E-state index in [4.69, 9.17) is 0 Å². The third-order valence-electron chi connectivity index (χ3n) is 5.41. The van der Waals surface area contributed by atoms with Gasteiger partial charge in [0.2, 0.25) is 0 Å². The van der Waals surface area contributed by atoms with Crippen LogP contribution >= 0.6 is 11.3 Å². The fourth-order valence-corrected chi connectivity index (χ4v) is 6.68. The van der Waals surface area contributed by atoms with Crippen molar-refractivity contribution in [2.45, 2.75) is 32.9 Å². The minimum Gasteiger partial charge on any atom is -0.286 e. The molecule has 0 unspecified atom stereocenters. The van der Waals surface area contributed by atoms with E-state index in [1.54, 1.807) is 11.3 Å². The third-order valence-corrected chi connectivity index (χ3v) is 8.43. The van der Waals surface area contributed by atoms with E-state index >= 15 is 0 Å². The first kappa shape index (κ1) is 17.7. The summed E-state index contributed by atoms with van der Waals surface area (Å²) in [5.41, 5.74) is 3.02. The monoisotopic (exact) mass is 390 g/mol. The molecule has 1 saturated heterocycles. The predicted octanol–water partition coefficient (Wildman–Crippen LogP) is 2.97. The number of fused-ring (bicyclic) bond motifs is 1. The second-order valence-electron chi connectivity index (χ2n) is 7.11. The van der Waals surface area contributed by atoms with Crippen molar-refractivity contribution in [1.82, 2.24) is 4.90 Å². The molecule has 1 amide bonds. The molecule has 7 heteroatoms. The van der Waals surface area contributed by atoms with Crippen molar-refractivity contribution in [3.8, 4) is 0 Å². The highest BCUT2D eigenvalue weighted by molar-refractivity contribution is 7.91. The van der Waals surface area contributed by atoms with Crippen LogP contribution in [0.2, 0.25) is 0 Å². The van der Waals surface area contributed by atoms with Crippen LogP contribution in [0.4, 0.5) is 5.00 Å². The summed E-state index contributed by atoms with van der Waals surface area (Å²) in [6, 6.07) is 9.27. The van der Waals surface area contributed by atoms with Crippen LogP contribution < -0.4 is 4.90 Å². The quantitative estimate of drug-likeness (QED) is 0.791. The molecule has 3 heterocycles. The van der Waals surface area contributed by atoms with Crippen molar-refractivity contribution in [2.24, 2.45) is 0 Å². The van der Waals surface area contributed by atoms with Gasteiger partial charge in [0.1, 0.15) is 5.00 Å². The van der Waals surface area contributed by atoms with Crippen LogP contribution in [-0.4, -0.2) is 43.4 Å². The first-order valence-electron chi connectivity index (χ1n) is 8.76. The number of rotatable bonds is 2. The number of thiophene rings is 1. The van der Waals surface area contributed by atoms with E-state index in [2.05, 4.69) is 18.7 Å². The zero-order valence-corrected chi connectivity index (χ0v) is 16.6. The van der Waals surface area contributed by atoms with Gasteiger partial charge in [-0.25, -0.2) is 8.42 Å². The summed E-state index contributed by atoms with van der Waals surface area (Å²) in [6.45, 7) is 5.32. The molecule has 2 aromatic rings. The van der Waals surface area contributed by atoms with Crippen LogP contribution in [0.15, 0.2) is 30.3 Å². The number of hydrogen-bond donors (Lipinski definition) is 0. The van der Waals surface area contributed by atoms with Gasteiger partial charge in [0.15, 0.2) is 9.84 Å². The fraction of sp³-hybridized carbons (Fsp3) is 0.421. The molecule has 4 rings (SSSR count). The van der Waals surface area contributed by atoms with Gasteiger partial charge in [-0.05, 0) is 38.0 Å². The highest BCUT2D eigenvalue weighted by Crippen LogP contribution is 2.41. The molecular formula is C19H22N2O3S2. The van der Waals surface area contributed by atoms with Crippen molar-refractivity contribution in [3.05, 3.63) is 51.9 Å². The SMILES string of the molecule is Cc1sc2c(c1C)CN([C@H]1CCS(=O)(=O)C1)CN2C(=O)c1ccccc1. The lowest BCUT2D eigenvalue weighted by Gasteiger charge is -2.38. The Bertz CT molecular complexity index is 951. The number of sulfone groups is 1. The largest absolute Gasteiger partial charge is 0.286 e. The molecule has 0 saturated carbocycles. The second kappa shape index (κ2) is 6.48. The summed E-state index contributed by atoms with van der Waals surface area (Å²) in [7, 11) is -2.96. The van der Waals surface area contributed by atoms with Crippen molar-refractivity contribution in [3.63, 3.8) is 0 Å². The van der Waals surface area contributed by atoms with Crippen molar-refractivity contribution in [2.75, 3.05) is 23.1 Å². The maximum atomic E-state index is 13.2. The van der Waals surface area contributed by atoms with Gasteiger partial charge in [-0.2, -0.15) is 0 Å². The van der Waals surface area contributed by atoms with E-state index in [9.17, 15) is 13.2 Å². The van der Waals surface area contributed by atoms with Gasteiger partial charge in [0.25, 0.3) is 5.91 Å². The summed E-state index contributed by atoms with van der Waals surface area (Å²) >= 11 is 1.65. The maximum Gasteiger partial charge on any atom is 0.260 e. The fourth-order valence-electron chi connectivity index (χ4n) is 3.76. The minimum atomic E-state index is -2.96. The number of aryl methyl sites for hydroxylation is 1. The van der Waals surface area contributed by atoms with Crippen molar-refractivity contribution < 1.29 is 13.2 Å². The Balaban J connectivity index is 1.71. The van der Waals surface area contributed by atoms with Crippen LogP contribution in [0.3, 0.4) is 0 Å². The van der Waals surface area contributed by atoms with Gasteiger partial charge in [-0.3, -0.25) is 14.6 Å². The molecule has 1 atom stereocenters. The Morgan fingerprint density at radius 1 is 1.19 bits per heavy atom. The molecule has 1 fully saturated rings. The Hall–Kier alpha value is -1.70. The summed E-state index contributed by atoms with van der Waals surface area (Å²) in [5, 5.41) is 1.01. The van der Waals surface area contributed by atoms with Crippen LogP contribution in [0.25, 0.3) is 0 Å². The zero-order valence-electron chi connectivity index (χ0n) is 14.9. The summed E-state index contributed by atoms with van der Waals surface area (Å²) in [5.74, 6) is 0.409. The Morgan fingerprint density at radius 2 is 1.92 bits per heavy atom. The molecular weight excluding hydrogens is 368 g/mol. The molecule has 0 N–H and O–H groups in total. The van der Waals surface area contributed by atoms with Gasteiger partial charge in [-0.1, -0.05) is 18.2 Å². The van der Waals surface area contributed by atoms with E-state index in [0.717, 1.165) is 10.6 Å². The van der Waals surface area contributed by atoms with E-state index in [1.165, 1.54) is 10.4 Å². The van der Waals surface area contributed by atoms with Gasteiger partial charge in [0, 0.05) is 28.6 Å². The molecule has 0 aliphatic carbocycles. The van der Waals surface area contributed by atoms with E-state index < -0.39 is 9.84 Å². The molecule has 0 radical (unpaired) electrons. The highest BCUT2D eigenvalue weighted by atomic mass is 32.2. The number of hydrogen-bond acceptors (Lipinski definition) is 5. The van der Waals surface area contributed by atoms with Gasteiger partial charge >= 0.3 is 0 Å². The van der Waals surface area contributed by atoms with E-state index in [1.807, 2.05) is 35.2 Å². The van der Waals surface area contributed by atoms with Crippen LogP contribution in [0, 0.1) is 13.8 Å². The number of amides is 1. The third kappa shape index (κ3) is 3.08. The lowest BCUT2D eigenvalue weighted by molar-refractivity contribution is 0.0945. The number of carbonyl (C=O) groups excluding carboxylic acids is 1. The lowest BCUT2D eigenvalue weighted by atomic mass is 10.1. The Labute approximate surface area is 158 Å². The number of benzene rings is 1. The average Bonchev–Trinajstić information content (AvgIpc) is 3.14. The minimum absolute atomic E-state index is 0.0150. The summed E-state index contributed by atoms with van der Waals surface area (Å²) in [6.07, 6.45) is 0.646. The molecule has 2 aliphatic heterocycles. The first-order chi connectivity index (χ1) is 12.4. The molecule has 138 valence electrons. The van der Waals surface area contributed by atoms with Crippen LogP contribution in [0.1, 0.15) is 32.8 Å². The number of carbonyl (C=O) groups is 1. The average molecular weight is 391 g/mol. The van der Waals surface area contributed by atoms with Gasteiger partial charge in [0.05, 0.1) is 18.2 Å². The maximum absolute atomic E-state index is 13.2. The molecule has 1 aromatic heterocycles. The summed E-state index contributed by atoms with van der Waals surface area (Å²) in [4.78, 5) is 18.4. The molecule has 1 aromatic carbocycles. The van der Waals surface area contributed by atoms with Gasteiger partial charge in [-0.15, -0.1) is 11.3 Å². The predicted molar refractivity (Wildman–Crippen MR) is 105 cm³/mol. The standard InChI is InChI=1S/C19H22N2O3S2/c1-13-14(2)25-19-17(13)10-20(16-8-9-26(23,24)11-16)12-21(19)18(22)15-6-4-3-5-7-15/h3-7,16H,8-12H2,1-2H3/t16-/m0/s1. The highest BCUT2D eigenvalue weighted by Gasteiger charge is 2.38. The molecule has 26 heavy (non-hydrogen) atoms. The van der Waals surface area contributed by atoms with Crippen molar-refractivity contribution in [1.29, 1.82) is 0 Å². The number of nitrogens with zero attached hydrogens (tertiary/aromatic N) is 2. The molecule has 2 aliphatic rings.